The van der Waals surface area contributed by atoms with Crippen molar-refractivity contribution < 1.29 is 18.6 Å². The third kappa shape index (κ3) is 3.94. The fourth-order valence-electron chi connectivity index (χ4n) is 3.91. The second-order valence-electron chi connectivity index (χ2n) is 6.97. The molecule has 2 aliphatic rings. The van der Waals surface area contributed by atoms with E-state index in [9.17, 15) is 13.9 Å². The highest BCUT2D eigenvalue weighted by Crippen LogP contribution is 2.40. The number of thioether (sulfide) groups is 1. The van der Waals surface area contributed by atoms with Crippen LogP contribution in [0.4, 0.5) is 8.78 Å². The van der Waals surface area contributed by atoms with Crippen molar-refractivity contribution in [3.05, 3.63) is 48.2 Å². The van der Waals surface area contributed by atoms with Gasteiger partial charge in [-0.15, -0.1) is 0 Å². The maximum atomic E-state index is 13.7. The van der Waals surface area contributed by atoms with Gasteiger partial charge in [-0.2, -0.15) is 0 Å². The Bertz CT molecular complexity index is 761. The number of pyridine rings is 1. The highest BCUT2D eigenvalue weighted by Gasteiger charge is 2.41. The van der Waals surface area contributed by atoms with Gasteiger partial charge in [0.2, 0.25) is 0 Å². The van der Waals surface area contributed by atoms with E-state index in [0.717, 1.165) is 42.9 Å². The normalized spacial score (nSPS) is 25.4. The Morgan fingerprint density at radius 1 is 1.15 bits per heavy atom. The number of rotatable bonds is 5. The van der Waals surface area contributed by atoms with Crippen molar-refractivity contribution >= 4 is 11.8 Å². The topological polar surface area (TPSA) is 45.6 Å². The number of nitrogens with zero attached hydrogens (tertiary/aromatic N) is 2. The first-order chi connectivity index (χ1) is 12.6. The number of halogens is 2. The van der Waals surface area contributed by atoms with Crippen molar-refractivity contribution in [2.75, 3.05) is 19.0 Å². The largest absolute Gasteiger partial charge is 0.506 e. The summed E-state index contributed by atoms with van der Waals surface area (Å²) in [6, 6.07) is 6.92. The smallest absolute Gasteiger partial charge is 0.167 e. The summed E-state index contributed by atoms with van der Waals surface area (Å²) >= 11 is 1.66. The van der Waals surface area contributed by atoms with Crippen LogP contribution in [0.2, 0.25) is 0 Å². The highest BCUT2D eigenvalue weighted by atomic mass is 32.2. The monoisotopic (exact) mass is 378 g/mol. The fourth-order valence-corrected chi connectivity index (χ4v) is 4.73. The van der Waals surface area contributed by atoms with Crippen LogP contribution in [-0.2, 0) is 0 Å². The van der Waals surface area contributed by atoms with Crippen LogP contribution in [0.15, 0.2) is 41.6 Å². The van der Waals surface area contributed by atoms with Gasteiger partial charge in [0.25, 0.3) is 0 Å². The predicted octanol–water partition coefficient (Wildman–Crippen LogP) is 3.90. The molecule has 0 radical (unpaired) electrons. The molecule has 1 saturated carbocycles. The molecule has 7 heteroatoms. The second kappa shape index (κ2) is 7.40. The number of ether oxygens (including phenoxy) is 1. The SMILES string of the molecule is Oc1ccc(SCN2C[C@H]3CC(Oc4ccc(F)cc4F)C[C@H]3C2)nc1. The van der Waals surface area contributed by atoms with Crippen LogP contribution in [0, 0.1) is 23.5 Å². The van der Waals surface area contributed by atoms with Gasteiger partial charge in [0.05, 0.1) is 23.2 Å². The lowest BCUT2D eigenvalue weighted by Gasteiger charge is -2.19. The van der Waals surface area contributed by atoms with E-state index >= 15 is 0 Å². The third-order valence-corrected chi connectivity index (χ3v) is 6.12. The summed E-state index contributed by atoms with van der Waals surface area (Å²) in [5.41, 5.74) is 0. The standard InChI is InChI=1S/C19H20F2N2O2S/c20-14-1-3-18(17(21)7-14)25-16-5-12-9-23(10-13(12)6-16)11-26-19-4-2-15(24)8-22-19/h1-4,7-8,12-13,16,24H,5-6,9-11H2/t12-,13+,16?. The van der Waals surface area contributed by atoms with Crippen LogP contribution >= 0.6 is 11.8 Å². The minimum atomic E-state index is -0.638. The molecule has 0 spiro atoms. The molecule has 3 atom stereocenters. The number of aromatic nitrogens is 1. The van der Waals surface area contributed by atoms with E-state index < -0.39 is 11.6 Å². The summed E-state index contributed by atoms with van der Waals surface area (Å²) in [6.07, 6.45) is 3.26. The molecule has 138 valence electrons. The molecule has 4 nitrogen and oxygen atoms in total. The molecule has 1 unspecified atom stereocenters. The molecule has 1 N–H and O–H groups in total. The van der Waals surface area contributed by atoms with Gasteiger partial charge in [-0.3, -0.25) is 4.90 Å². The number of likely N-dealkylation sites (tertiary alicyclic amines) is 1. The van der Waals surface area contributed by atoms with Crippen LogP contribution in [-0.4, -0.2) is 40.1 Å². The van der Waals surface area contributed by atoms with Gasteiger partial charge < -0.3 is 9.84 Å². The summed E-state index contributed by atoms with van der Waals surface area (Å²) in [5, 5.41) is 10.2. The summed E-state index contributed by atoms with van der Waals surface area (Å²) in [6.45, 7) is 2.00. The number of fused-ring (bicyclic) bond motifs is 1. The van der Waals surface area contributed by atoms with Crippen molar-refractivity contribution in [2.24, 2.45) is 11.8 Å². The van der Waals surface area contributed by atoms with Crippen molar-refractivity contribution in [1.82, 2.24) is 9.88 Å². The molecule has 1 aliphatic heterocycles. The Labute approximate surface area is 155 Å². The van der Waals surface area contributed by atoms with Gasteiger partial charge in [-0.25, -0.2) is 13.8 Å². The molecule has 0 bridgehead atoms. The Balaban J connectivity index is 1.26. The van der Waals surface area contributed by atoms with Crippen LogP contribution in [0.1, 0.15) is 12.8 Å². The maximum absolute atomic E-state index is 13.7. The summed E-state index contributed by atoms with van der Waals surface area (Å²) in [7, 11) is 0. The summed E-state index contributed by atoms with van der Waals surface area (Å²) in [4.78, 5) is 6.59. The fraction of sp³-hybridized carbons (Fsp3) is 0.421. The zero-order chi connectivity index (χ0) is 18.1. The minimum Gasteiger partial charge on any atom is -0.506 e. The van der Waals surface area contributed by atoms with Crippen molar-refractivity contribution in [3.8, 4) is 11.5 Å². The van der Waals surface area contributed by atoms with Crippen molar-refractivity contribution in [1.29, 1.82) is 0 Å². The lowest BCUT2D eigenvalue weighted by molar-refractivity contribution is 0.181. The highest BCUT2D eigenvalue weighted by molar-refractivity contribution is 7.99. The number of hydrogen-bond donors (Lipinski definition) is 1. The summed E-state index contributed by atoms with van der Waals surface area (Å²) in [5.74, 6) is 1.06. The van der Waals surface area contributed by atoms with E-state index in [1.165, 1.54) is 18.3 Å². The lowest BCUT2D eigenvalue weighted by atomic mass is 10.0. The average molecular weight is 378 g/mol. The zero-order valence-corrected chi connectivity index (χ0v) is 15.0. The molecule has 1 aromatic heterocycles. The minimum absolute atomic E-state index is 0.00136. The van der Waals surface area contributed by atoms with Crippen LogP contribution in [0.5, 0.6) is 11.5 Å². The van der Waals surface area contributed by atoms with Crippen LogP contribution < -0.4 is 4.74 Å². The molecule has 2 fully saturated rings. The molecular weight excluding hydrogens is 358 g/mol. The van der Waals surface area contributed by atoms with E-state index in [1.807, 2.05) is 6.07 Å². The van der Waals surface area contributed by atoms with Gasteiger partial charge in [-0.05, 0) is 48.9 Å². The second-order valence-corrected chi connectivity index (χ2v) is 7.94. The molecule has 1 aliphatic carbocycles. The lowest BCUT2D eigenvalue weighted by Crippen LogP contribution is -2.24. The van der Waals surface area contributed by atoms with Gasteiger partial charge >= 0.3 is 0 Å². The zero-order valence-electron chi connectivity index (χ0n) is 14.1. The quantitative estimate of drug-likeness (QED) is 0.800. The molecule has 26 heavy (non-hydrogen) atoms. The van der Waals surface area contributed by atoms with E-state index in [2.05, 4.69) is 9.88 Å². The first-order valence-electron chi connectivity index (χ1n) is 8.68. The molecule has 0 amide bonds. The molecule has 4 rings (SSSR count). The van der Waals surface area contributed by atoms with Gasteiger partial charge in [0.15, 0.2) is 11.6 Å². The molecular formula is C19H20F2N2O2S. The number of aromatic hydroxyl groups is 1. The van der Waals surface area contributed by atoms with Gasteiger partial charge in [0.1, 0.15) is 11.6 Å². The molecule has 2 heterocycles. The van der Waals surface area contributed by atoms with Crippen LogP contribution in [0.3, 0.4) is 0 Å². The Morgan fingerprint density at radius 3 is 2.58 bits per heavy atom. The maximum Gasteiger partial charge on any atom is 0.167 e. The van der Waals surface area contributed by atoms with Crippen molar-refractivity contribution in [3.63, 3.8) is 0 Å². The van der Waals surface area contributed by atoms with Crippen LogP contribution in [0.25, 0.3) is 0 Å². The Kier molecular flexibility index (Phi) is 5.00. The Morgan fingerprint density at radius 2 is 1.92 bits per heavy atom. The summed E-state index contributed by atoms with van der Waals surface area (Å²) < 4.78 is 32.5. The van der Waals surface area contributed by atoms with E-state index in [4.69, 9.17) is 4.74 Å². The molecule has 2 aromatic rings. The van der Waals surface area contributed by atoms with E-state index in [-0.39, 0.29) is 17.6 Å². The Hall–Kier alpha value is -1.86. The van der Waals surface area contributed by atoms with Gasteiger partial charge in [0, 0.05) is 19.2 Å². The van der Waals surface area contributed by atoms with Gasteiger partial charge in [-0.1, -0.05) is 11.8 Å². The number of hydrogen-bond acceptors (Lipinski definition) is 5. The first kappa shape index (κ1) is 17.5. The molecule has 1 saturated heterocycles. The average Bonchev–Trinajstić information content (AvgIpc) is 3.15. The molecule has 1 aromatic carbocycles. The third-order valence-electron chi connectivity index (χ3n) is 5.09. The van der Waals surface area contributed by atoms with E-state index in [0.29, 0.717) is 11.8 Å². The predicted molar refractivity (Wildman–Crippen MR) is 95.2 cm³/mol. The van der Waals surface area contributed by atoms with Crippen molar-refractivity contribution in [2.45, 2.75) is 24.0 Å². The first-order valence-corrected chi connectivity index (χ1v) is 9.67. The van der Waals surface area contributed by atoms with E-state index in [1.54, 1.807) is 17.8 Å². The number of benzene rings is 1.